The Morgan fingerprint density at radius 2 is 1.71 bits per heavy atom. The maximum absolute atomic E-state index is 14.4. The van der Waals surface area contributed by atoms with Crippen LogP contribution in [-0.4, -0.2) is 64.6 Å². The molecule has 0 bridgehead atoms. The molecular weight excluding hydrogens is 640 g/mol. The summed E-state index contributed by atoms with van der Waals surface area (Å²) in [5.74, 6) is -2.92. The Bertz CT molecular complexity index is 1890. The highest BCUT2D eigenvalue weighted by molar-refractivity contribution is 6.05. The number of likely N-dealkylation sites (N-methyl/N-ethyl adjacent to an activating group) is 1. The van der Waals surface area contributed by atoms with Gasteiger partial charge in [0, 0.05) is 35.7 Å². The van der Waals surface area contributed by atoms with Crippen molar-refractivity contribution >= 4 is 23.5 Å². The number of rotatable bonds is 10. The van der Waals surface area contributed by atoms with Crippen molar-refractivity contribution in [1.29, 1.82) is 0 Å². The largest absolute Gasteiger partial charge is 0.416 e. The number of amides is 3. The van der Waals surface area contributed by atoms with E-state index in [0.717, 1.165) is 37.7 Å². The van der Waals surface area contributed by atoms with Crippen molar-refractivity contribution in [2.24, 2.45) is 0 Å². The molecule has 2 atom stereocenters. The molecule has 3 aromatic carbocycles. The molecule has 13 heteroatoms. The predicted molar refractivity (Wildman–Crippen MR) is 175 cm³/mol. The van der Waals surface area contributed by atoms with Gasteiger partial charge < -0.3 is 10.6 Å². The van der Waals surface area contributed by atoms with Crippen molar-refractivity contribution < 1.29 is 31.9 Å². The van der Waals surface area contributed by atoms with Gasteiger partial charge in [-0.05, 0) is 74.5 Å². The van der Waals surface area contributed by atoms with Gasteiger partial charge in [0.25, 0.3) is 11.8 Å². The fourth-order valence-corrected chi connectivity index (χ4v) is 6.22. The Hall–Kier alpha value is -5.30. The van der Waals surface area contributed by atoms with E-state index in [-0.39, 0.29) is 24.6 Å². The molecule has 4 aromatic rings. The molecule has 2 aliphatic heterocycles. The number of para-hydroxylation sites is 1. The Balaban J connectivity index is 1.46. The smallest absolute Gasteiger partial charge is 0.347 e. The Kier molecular flexibility index (Phi) is 9.37. The molecule has 6 rings (SSSR count). The molecule has 0 spiro atoms. The number of nitrogens with zero attached hydrogens (tertiary/aromatic N) is 4. The molecular formula is C36H34F4N6O3. The van der Waals surface area contributed by atoms with Crippen molar-refractivity contribution in [2.45, 2.75) is 38.0 Å². The number of alkyl halides is 3. The number of carbonyl (C=O) groups excluding carboxylic acids is 3. The number of anilines is 1. The van der Waals surface area contributed by atoms with Gasteiger partial charge in [0.15, 0.2) is 0 Å². The molecule has 0 saturated carbocycles. The second-order valence-corrected chi connectivity index (χ2v) is 12.0. The number of halogens is 4. The molecule has 0 aliphatic carbocycles. The number of likely N-dealkylation sites (tertiary alicyclic amines) is 1. The van der Waals surface area contributed by atoms with Crippen molar-refractivity contribution in [3.05, 3.63) is 125 Å². The minimum atomic E-state index is -4.69. The van der Waals surface area contributed by atoms with Gasteiger partial charge in [0.05, 0.1) is 23.5 Å². The molecule has 1 aromatic heterocycles. The lowest BCUT2D eigenvalue weighted by Gasteiger charge is -2.38. The van der Waals surface area contributed by atoms with Crippen LogP contribution >= 0.6 is 0 Å². The fraction of sp³-hybridized carbons (Fsp3) is 0.278. The van der Waals surface area contributed by atoms with Gasteiger partial charge in [0.2, 0.25) is 5.91 Å². The van der Waals surface area contributed by atoms with Crippen LogP contribution in [0, 0.1) is 5.82 Å². The molecule has 0 radical (unpaired) electrons. The van der Waals surface area contributed by atoms with E-state index in [1.807, 2.05) is 6.07 Å². The van der Waals surface area contributed by atoms with Gasteiger partial charge in [0.1, 0.15) is 17.7 Å². The topological polar surface area (TPSA) is 99.6 Å². The Morgan fingerprint density at radius 1 is 1.00 bits per heavy atom. The number of carbonyl (C=O) groups is 3. The lowest BCUT2D eigenvalue weighted by atomic mass is 9.80. The highest BCUT2D eigenvalue weighted by Crippen LogP contribution is 2.44. The first kappa shape index (κ1) is 33.6. The van der Waals surface area contributed by atoms with Crippen LogP contribution in [0.3, 0.4) is 0 Å². The summed E-state index contributed by atoms with van der Waals surface area (Å²) < 4.78 is 56.3. The monoisotopic (exact) mass is 674 g/mol. The van der Waals surface area contributed by atoms with Crippen molar-refractivity contribution in [2.75, 3.05) is 31.1 Å². The van der Waals surface area contributed by atoms with Crippen LogP contribution in [0.15, 0.2) is 91.0 Å². The first-order valence-electron chi connectivity index (χ1n) is 15.9. The van der Waals surface area contributed by atoms with Crippen molar-refractivity contribution in [3.63, 3.8) is 0 Å². The summed E-state index contributed by atoms with van der Waals surface area (Å²) in [4.78, 5) is 44.7. The molecule has 3 amide bonds. The summed E-state index contributed by atoms with van der Waals surface area (Å²) in [6.45, 7) is 7.95. The average molecular weight is 675 g/mol. The van der Waals surface area contributed by atoms with Gasteiger partial charge in [-0.1, -0.05) is 43.0 Å². The minimum absolute atomic E-state index is 0.0717. The second kappa shape index (κ2) is 13.7. The van der Waals surface area contributed by atoms with E-state index < -0.39 is 41.3 Å². The Labute approximate surface area is 280 Å². The van der Waals surface area contributed by atoms with E-state index in [9.17, 15) is 31.9 Å². The summed E-state index contributed by atoms with van der Waals surface area (Å²) in [6.07, 6.45) is -3.63. The third-order valence-corrected chi connectivity index (χ3v) is 8.79. The zero-order valence-corrected chi connectivity index (χ0v) is 26.6. The third-order valence-electron chi connectivity index (χ3n) is 8.79. The molecule has 254 valence electrons. The molecule has 2 N–H and O–H groups in total. The zero-order valence-electron chi connectivity index (χ0n) is 26.6. The normalized spacial score (nSPS) is 17.7. The first-order valence-corrected chi connectivity index (χ1v) is 15.9. The third kappa shape index (κ3) is 6.84. The number of aromatic nitrogens is 2. The SMILES string of the molecule is C=C(CN1CCC1)C(=O)NCc1nn(-c2ccccc2)c2c1[C@H](c1ccc(F)cc1)[C@H](NC(=O)c1cccc(C(F)(F)F)c1)C(=O)N2CC. The average Bonchev–Trinajstić information content (AvgIpc) is 3.44. The number of nitrogens with one attached hydrogen (secondary N) is 2. The van der Waals surface area contributed by atoms with Crippen LogP contribution in [0.4, 0.5) is 23.4 Å². The van der Waals surface area contributed by atoms with Crippen LogP contribution in [0.2, 0.25) is 0 Å². The van der Waals surface area contributed by atoms with E-state index in [1.54, 1.807) is 35.9 Å². The zero-order chi connectivity index (χ0) is 34.9. The summed E-state index contributed by atoms with van der Waals surface area (Å²) >= 11 is 0. The van der Waals surface area contributed by atoms with E-state index in [1.165, 1.54) is 35.2 Å². The van der Waals surface area contributed by atoms with E-state index in [4.69, 9.17) is 5.10 Å². The van der Waals surface area contributed by atoms with Crippen LogP contribution in [0.5, 0.6) is 0 Å². The van der Waals surface area contributed by atoms with Crippen molar-refractivity contribution in [1.82, 2.24) is 25.3 Å². The van der Waals surface area contributed by atoms with Crippen LogP contribution < -0.4 is 15.5 Å². The summed E-state index contributed by atoms with van der Waals surface area (Å²) in [7, 11) is 0. The quantitative estimate of drug-likeness (QED) is 0.178. The highest BCUT2D eigenvalue weighted by Gasteiger charge is 2.46. The van der Waals surface area contributed by atoms with E-state index >= 15 is 0 Å². The molecule has 49 heavy (non-hydrogen) atoms. The van der Waals surface area contributed by atoms with Gasteiger partial charge in [-0.2, -0.15) is 18.3 Å². The predicted octanol–water partition coefficient (Wildman–Crippen LogP) is 5.21. The first-order chi connectivity index (χ1) is 23.5. The molecule has 3 heterocycles. The number of hydrogen-bond donors (Lipinski definition) is 2. The number of fused-ring (bicyclic) bond motifs is 1. The standard InChI is InChI=1S/C36H34F4N6O3/c1-3-45-34-30(28(43-46(34)27-11-5-4-6-12-27)20-41-32(47)22(2)21-44-17-8-18-44)29(23-13-15-26(37)16-14-23)31(35(45)49)42-33(48)24-9-7-10-25(19-24)36(38,39)40/h4-7,9-16,19,29,31H,2-3,8,17-18,20-21H2,1H3,(H,41,47)(H,42,48)/t29-,31-/m0/s1. The van der Waals surface area contributed by atoms with Gasteiger partial charge >= 0.3 is 6.18 Å². The second-order valence-electron chi connectivity index (χ2n) is 12.0. The number of benzene rings is 3. The molecule has 0 unspecified atom stereocenters. The molecule has 9 nitrogen and oxygen atoms in total. The number of hydrogen-bond acceptors (Lipinski definition) is 5. The molecule has 2 aliphatic rings. The van der Waals surface area contributed by atoms with Crippen molar-refractivity contribution in [3.8, 4) is 5.69 Å². The summed E-state index contributed by atoms with van der Waals surface area (Å²) in [5, 5.41) is 10.5. The van der Waals surface area contributed by atoms with Crippen LogP contribution in [0.1, 0.15) is 52.0 Å². The Morgan fingerprint density at radius 3 is 2.35 bits per heavy atom. The van der Waals surface area contributed by atoms with Gasteiger partial charge in [-0.15, -0.1) is 0 Å². The molecule has 1 fully saturated rings. The fourth-order valence-electron chi connectivity index (χ4n) is 6.22. The molecule has 1 saturated heterocycles. The highest BCUT2D eigenvalue weighted by atomic mass is 19.4. The van der Waals surface area contributed by atoms with E-state index in [2.05, 4.69) is 22.1 Å². The van der Waals surface area contributed by atoms with E-state index in [0.29, 0.717) is 40.4 Å². The summed E-state index contributed by atoms with van der Waals surface area (Å²) in [6, 6.07) is 17.1. The maximum Gasteiger partial charge on any atom is 0.416 e. The maximum atomic E-state index is 14.4. The summed E-state index contributed by atoms with van der Waals surface area (Å²) in [5.41, 5.74) is 1.01. The minimum Gasteiger partial charge on any atom is -0.347 e. The lowest BCUT2D eigenvalue weighted by molar-refractivity contribution is -0.137. The van der Waals surface area contributed by atoms with Gasteiger partial charge in [-0.25, -0.2) is 9.07 Å². The van der Waals surface area contributed by atoms with Crippen LogP contribution in [-0.2, 0) is 22.3 Å². The lowest BCUT2D eigenvalue weighted by Crippen LogP contribution is -2.55. The van der Waals surface area contributed by atoms with Gasteiger partial charge in [-0.3, -0.25) is 24.2 Å². The van der Waals surface area contributed by atoms with Crippen LogP contribution in [0.25, 0.3) is 5.69 Å².